The maximum Gasteiger partial charge on any atom is 0.332 e. The Bertz CT molecular complexity index is 1380. The summed E-state index contributed by atoms with van der Waals surface area (Å²) in [4.78, 5) is 45.5. The number of thiazole rings is 1. The van der Waals surface area contributed by atoms with Gasteiger partial charge in [0, 0.05) is 38.0 Å². The first-order chi connectivity index (χ1) is 14.8. The minimum absolute atomic E-state index is 0.144. The van der Waals surface area contributed by atoms with Crippen LogP contribution in [0, 0.1) is 6.92 Å². The smallest absolute Gasteiger partial charge is 0.325 e. The van der Waals surface area contributed by atoms with Crippen LogP contribution in [-0.4, -0.2) is 29.6 Å². The standard InChI is InChI=1S/C21H22N6O3S/c1-13-6-8-14(9-7-13)15-11-31-20(23-15)24-16(28)5-4-10-27-12-22-18-17(27)19(29)26(3)21(30)25(18)2/h6-9,11-12H,4-5,10H2,1-3H3,(H,23,24,28). The molecule has 0 aliphatic rings. The number of imidazole rings is 1. The van der Waals surface area contributed by atoms with Gasteiger partial charge in [0.15, 0.2) is 16.3 Å². The van der Waals surface area contributed by atoms with Crippen molar-refractivity contribution in [1.29, 1.82) is 0 Å². The summed E-state index contributed by atoms with van der Waals surface area (Å²) in [6.45, 7) is 2.46. The van der Waals surface area contributed by atoms with E-state index in [0.29, 0.717) is 29.3 Å². The van der Waals surface area contributed by atoms with Crippen molar-refractivity contribution < 1.29 is 4.79 Å². The molecule has 160 valence electrons. The summed E-state index contributed by atoms with van der Waals surface area (Å²) in [6, 6.07) is 8.06. The van der Waals surface area contributed by atoms with Crippen molar-refractivity contribution in [2.45, 2.75) is 26.3 Å². The molecule has 9 nitrogen and oxygen atoms in total. The number of carbonyl (C=O) groups excluding carboxylic acids is 1. The molecule has 0 spiro atoms. The SMILES string of the molecule is Cc1ccc(-c2csc(NC(=O)CCCn3cnc4c3c(=O)n(C)c(=O)n4C)n2)cc1. The number of nitrogens with zero attached hydrogens (tertiary/aromatic N) is 5. The lowest BCUT2D eigenvalue weighted by Crippen LogP contribution is -2.37. The number of aromatic nitrogens is 5. The van der Waals surface area contributed by atoms with Crippen molar-refractivity contribution in [3.05, 3.63) is 62.4 Å². The van der Waals surface area contributed by atoms with Crippen LogP contribution in [0.1, 0.15) is 18.4 Å². The van der Waals surface area contributed by atoms with Gasteiger partial charge in [-0.2, -0.15) is 0 Å². The lowest BCUT2D eigenvalue weighted by Gasteiger charge is -2.06. The van der Waals surface area contributed by atoms with Gasteiger partial charge in [0.2, 0.25) is 5.91 Å². The average molecular weight is 439 g/mol. The van der Waals surface area contributed by atoms with Crippen molar-refractivity contribution in [1.82, 2.24) is 23.7 Å². The van der Waals surface area contributed by atoms with Crippen molar-refractivity contribution in [2.24, 2.45) is 14.1 Å². The van der Waals surface area contributed by atoms with Crippen LogP contribution in [0.4, 0.5) is 5.13 Å². The van der Waals surface area contributed by atoms with Gasteiger partial charge in [-0.15, -0.1) is 11.3 Å². The van der Waals surface area contributed by atoms with Gasteiger partial charge < -0.3 is 9.88 Å². The Morgan fingerprint density at radius 2 is 1.87 bits per heavy atom. The number of hydrogen-bond donors (Lipinski definition) is 1. The molecule has 0 unspecified atom stereocenters. The first kappa shape index (κ1) is 20.7. The molecule has 1 amide bonds. The highest BCUT2D eigenvalue weighted by molar-refractivity contribution is 7.14. The zero-order valence-corrected chi connectivity index (χ0v) is 18.3. The summed E-state index contributed by atoms with van der Waals surface area (Å²) in [6.07, 6.45) is 2.31. The predicted octanol–water partition coefficient (Wildman–Crippen LogP) is 2.28. The van der Waals surface area contributed by atoms with E-state index in [1.54, 1.807) is 11.6 Å². The molecule has 1 N–H and O–H groups in total. The van der Waals surface area contributed by atoms with Crippen LogP contribution >= 0.6 is 11.3 Å². The highest BCUT2D eigenvalue weighted by Crippen LogP contribution is 2.25. The largest absolute Gasteiger partial charge is 0.332 e. The summed E-state index contributed by atoms with van der Waals surface area (Å²) in [5.41, 5.74) is 2.88. The van der Waals surface area contributed by atoms with Gasteiger partial charge >= 0.3 is 5.69 Å². The van der Waals surface area contributed by atoms with Crippen LogP contribution in [0.5, 0.6) is 0 Å². The van der Waals surface area contributed by atoms with E-state index < -0.39 is 11.2 Å². The molecular formula is C21H22N6O3S. The zero-order chi connectivity index (χ0) is 22.1. The first-order valence-corrected chi connectivity index (χ1v) is 10.7. The van der Waals surface area contributed by atoms with Crippen LogP contribution < -0.4 is 16.6 Å². The van der Waals surface area contributed by atoms with Crippen LogP contribution in [0.25, 0.3) is 22.4 Å². The topological polar surface area (TPSA) is 104 Å². The number of nitrogens with one attached hydrogen (secondary N) is 1. The van der Waals surface area contributed by atoms with Gasteiger partial charge in [-0.25, -0.2) is 14.8 Å². The summed E-state index contributed by atoms with van der Waals surface area (Å²) in [7, 11) is 3.02. The molecule has 4 rings (SSSR count). The van der Waals surface area contributed by atoms with E-state index in [1.165, 1.54) is 34.8 Å². The van der Waals surface area contributed by atoms with Crippen molar-refractivity contribution in [3.63, 3.8) is 0 Å². The third kappa shape index (κ3) is 4.06. The van der Waals surface area contributed by atoms with Gasteiger partial charge in [-0.1, -0.05) is 29.8 Å². The second-order valence-electron chi connectivity index (χ2n) is 7.37. The lowest BCUT2D eigenvalue weighted by atomic mass is 10.1. The molecule has 1 aromatic carbocycles. The zero-order valence-electron chi connectivity index (χ0n) is 17.5. The molecule has 0 radical (unpaired) electrons. The average Bonchev–Trinajstić information content (AvgIpc) is 3.39. The van der Waals surface area contributed by atoms with E-state index in [1.807, 2.05) is 36.6 Å². The van der Waals surface area contributed by atoms with Gasteiger partial charge in [0.05, 0.1) is 12.0 Å². The maximum absolute atomic E-state index is 12.5. The highest BCUT2D eigenvalue weighted by atomic mass is 32.1. The molecule has 0 fully saturated rings. The lowest BCUT2D eigenvalue weighted by molar-refractivity contribution is -0.116. The summed E-state index contributed by atoms with van der Waals surface area (Å²) in [5, 5.41) is 5.30. The maximum atomic E-state index is 12.5. The van der Waals surface area contributed by atoms with E-state index in [9.17, 15) is 14.4 Å². The van der Waals surface area contributed by atoms with Gasteiger partial charge in [0.25, 0.3) is 5.56 Å². The number of anilines is 1. The number of fused-ring (bicyclic) bond motifs is 1. The highest BCUT2D eigenvalue weighted by Gasteiger charge is 2.14. The fraction of sp³-hybridized carbons (Fsp3) is 0.286. The number of carbonyl (C=O) groups is 1. The predicted molar refractivity (Wildman–Crippen MR) is 120 cm³/mol. The Hall–Kier alpha value is -3.53. The molecule has 0 bridgehead atoms. The molecular weight excluding hydrogens is 416 g/mol. The quantitative estimate of drug-likeness (QED) is 0.497. The van der Waals surface area contributed by atoms with Gasteiger partial charge in [-0.3, -0.25) is 18.7 Å². The van der Waals surface area contributed by atoms with Crippen LogP contribution in [-0.2, 0) is 25.4 Å². The number of rotatable bonds is 6. The fourth-order valence-electron chi connectivity index (χ4n) is 3.35. The molecule has 3 heterocycles. The summed E-state index contributed by atoms with van der Waals surface area (Å²) in [5.74, 6) is -0.144. The van der Waals surface area contributed by atoms with Crippen molar-refractivity contribution in [3.8, 4) is 11.3 Å². The van der Waals surface area contributed by atoms with Crippen molar-refractivity contribution in [2.75, 3.05) is 5.32 Å². The van der Waals surface area contributed by atoms with Crippen LogP contribution in [0.3, 0.4) is 0 Å². The van der Waals surface area contributed by atoms with E-state index in [4.69, 9.17) is 0 Å². The number of amides is 1. The normalized spacial score (nSPS) is 11.2. The summed E-state index contributed by atoms with van der Waals surface area (Å²) < 4.78 is 4.08. The van der Waals surface area contributed by atoms with E-state index in [-0.39, 0.29) is 12.3 Å². The second-order valence-corrected chi connectivity index (χ2v) is 8.23. The van der Waals surface area contributed by atoms with E-state index >= 15 is 0 Å². The monoisotopic (exact) mass is 438 g/mol. The molecule has 3 aromatic heterocycles. The fourth-order valence-corrected chi connectivity index (χ4v) is 4.08. The third-order valence-corrected chi connectivity index (χ3v) is 5.88. The molecule has 0 aliphatic carbocycles. The van der Waals surface area contributed by atoms with Gasteiger partial charge in [-0.05, 0) is 13.3 Å². The summed E-state index contributed by atoms with van der Waals surface area (Å²) >= 11 is 1.38. The minimum atomic E-state index is -0.421. The van der Waals surface area contributed by atoms with E-state index in [0.717, 1.165) is 15.8 Å². The van der Waals surface area contributed by atoms with Crippen molar-refractivity contribution >= 4 is 33.5 Å². The molecule has 0 saturated carbocycles. The van der Waals surface area contributed by atoms with Crippen LogP contribution in [0.2, 0.25) is 0 Å². The number of aryl methyl sites for hydroxylation is 3. The number of hydrogen-bond acceptors (Lipinski definition) is 6. The first-order valence-electron chi connectivity index (χ1n) is 9.78. The van der Waals surface area contributed by atoms with E-state index in [2.05, 4.69) is 15.3 Å². The molecule has 0 aliphatic heterocycles. The molecule has 4 aromatic rings. The Balaban J connectivity index is 1.39. The Morgan fingerprint density at radius 3 is 2.61 bits per heavy atom. The number of benzene rings is 1. The Labute approximate surface area is 181 Å². The molecule has 0 atom stereocenters. The van der Waals surface area contributed by atoms with Crippen LogP contribution in [0.15, 0.2) is 45.6 Å². The molecule has 0 saturated heterocycles. The second kappa shape index (κ2) is 8.31. The van der Waals surface area contributed by atoms with Gasteiger partial charge in [0.1, 0.15) is 0 Å². The Morgan fingerprint density at radius 1 is 1.13 bits per heavy atom. The third-order valence-electron chi connectivity index (χ3n) is 5.12. The molecule has 10 heteroatoms. The Kier molecular flexibility index (Phi) is 5.55. The minimum Gasteiger partial charge on any atom is -0.325 e. The molecule has 31 heavy (non-hydrogen) atoms.